The van der Waals surface area contributed by atoms with Crippen molar-refractivity contribution < 1.29 is 29.4 Å². The Balaban J connectivity index is 2.03. The Morgan fingerprint density at radius 2 is 1.88 bits per heavy atom. The summed E-state index contributed by atoms with van der Waals surface area (Å²) in [6.07, 6.45) is -0.184. The SMILES string of the molecule is C=C(CNc1cc(-c2ccc(S(F)(F)(F)(F)F)cc2)c2ncsc2c1C#N)CC(=O)NO. The molecule has 0 radical (unpaired) electrons. The summed E-state index contributed by atoms with van der Waals surface area (Å²) in [5.74, 6) is -0.681. The van der Waals surface area contributed by atoms with Crippen molar-refractivity contribution in [3.8, 4) is 17.2 Å². The summed E-state index contributed by atoms with van der Waals surface area (Å²) in [5, 5.41) is 21.1. The Hall–Kier alpha value is -3.21. The van der Waals surface area contributed by atoms with Crippen molar-refractivity contribution in [1.82, 2.24) is 10.5 Å². The minimum Gasteiger partial charge on any atom is -0.380 e. The third-order valence-corrected chi connectivity index (χ3v) is 6.40. The molecular weight excluding hydrogens is 475 g/mol. The number of hydrogen-bond donors (Lipinski definition) is 3. The van der Waals surface area contributed by atoms with E-state index in [0.29, 0.717) is 39.2 Å². The van der Waals surface area contributed by atoms with Gasteiger partial charge in [0.2, 0.25) is 5.91 Å². The zero-order valence-corrected chi connectivity index (χ0v) is 17.7. The van der Waals surface area contributed by atoms with Gasteiger partial charge in [0.05, 0.1) is 33.4 Å². The van der Waals surface area contributed by atoms with Crippen molar-refractivity contribution in [3.63, 3.8) is 0 Å². The van der Waals surface area contributed by atoms with Gasteiger partial charge in [0.1, 0.15) is 11.0 Å². The number of carbonyl (C=O) groups is 1. The molecule has 3 aromatic rings. The number of anilines is 1. The Labute approximate surface area is 182 Å². The van der Waals surface area contributed by atoms with Crippen LogP contribution in [0.25, 0.3) is 21.3 Å². The van der Waals surface area contributed by atoms with E-state index in [4.69, 9.17) is 5.21 Å². The molecule has 0 atom stereocenters. The van der Waals surface area contributed by atoms with E-state index in [9.17, 15) is 29.5 Å². The van der Waals surface area contributed by atoms with Gasteiger partial charge in [-0.3, -0.25) is 10.0 Å². The Bertz CT molecular complexity index is 1270. The molecular formula is C19H15F5N4O2S2. The fraction of sp³-hybridized carbons (Fsp3) is 0.105. The van der Waals surface area contributed by atoms with Gasteiger partial charge in [-0.05, 0) is 29.3 Å². The number of nitrogens with one attached hydrogen (secondary N) is 2. The number of rotatable bonds is 7. The van der Waals surface area contributed by atoms with Gasteiger partial charge in [0, 0.05) is 12.1 Å². The normalized spacial score (nSPS) is 13.7. The lowest BCUT2D eigenvalue weighted by atomic mass is 10.0. The molecule has 0 bridgehead atoms. The molecule has 1 amide bonds. The number of aromatic nitrogens is 1. The molecule has 0 unspecified atom stereocenters. The second-order valence-electron chi connectivity index (χ2n) is 6.80. The van der Waals surface area contributed by atoms with Gasteiger partial charge in [-0.2, -0.15) is 5.26 Å². The van der Waals surface area contributed by atoms with Crippen LogP contribution in [0.2, 0.25) is 0 Å². The van der Waals surface area contributed by atoms with Gasteiger partial charge in [-0.1, -0.05) is 38.1 Å². The number of halogens is 5. The van der Waals surface area contributed by atoms with Crippen molar-refractivity contribution in [3.05, 3.63) is 53.6 Å². The lowest BCUT2D eigenvalue weighted by Crippen LogP contribution is -2.20. The average Bonchev–Trinajstić information content (AvgIpc) is 3.19. The number of hydrogen-bond acceptors (Lipinski definition) is 6. The molecule has 0 aliphatic carbocycles. The van der Waals surface area contributed by atoms with Crippen LogP contribution in [0.15, 0.2) is 52.9 Å². The van der Waals surface area contributed by atoms with Crippen molar-refractivity contribution in [2.24, 2.45) is 0 Å². The van der Waals surface area contributed by atoms with E-state index in [2.05, 4.69) is 16.9 Å². The minimum absolute atomic E-state index is 0.0506. The number of carbonyl (C=O) groups excluding carboxylic acids is 1. The van der Waals surface area contributed by atoms with Gasteiger partial charge >= 0.3 is 10.2 Å². The summed E-state index contributed by atoms with van der Waals surface area (Å²) in [4.78, 5) is 13.4. The van der Waals surface area contributed by atoms with Crippen LogP contribution < -0.4 is 10.8 Å². The summed E-state index contributed by atoms with van der Waals surface area (Å²) in [5.41, 5.74) is 4.66. The van der Waals surface area contributed by atoms with Crippen LogP contribution in [0.5, 0.6) is 0 Å². The third kappa shape index (κ3) is 4.98. The Morgan fingerprint density at radius 3 is 2.44 bits per heavy atom. The molecule has 0 fully saturated rings. The van der Waals surface area contributed by atoms with E-state index in [1.165, 1.54) is 17.1 Å². The first-order chi connectivity index (χ1) is 14.7. The van der Waals surface area contributed by atoms with E-state index in [1.807, 2.05) is 6.07 Å². The number of nitriles is 1. The van der Waals surface area contributed by atoms with Crippen LogP contribution in [-0.2, 0) is 4.79 Å². The summed E-state index contributed by atoms with van der Waals surface area (Å²) in [6.45, 7) is 3.74. The highest BCUT2D eigenvalue weighted by Crippen LogP contribution is 3.02. The maximum atomic E-state index is 13.0. The lowest BCUT2D eigenvalue weighted by molar-refractivity contribution is -0.128. The van der Waals surface area contributed by atoms with Gasteiger partial charge in [-0.25, -0.2) is 10.5 Å². The number of nitrogens with zero attached hydrogens (tertiary/aromatic N) is 2. The molecule has 13 heteroatoms. The fourth-order valence-electron chi connectivity index (χ4n) is 2.93. The smallest absolute Gasteiger partial charge is 0.310 e. The fourth-order valence-corrected chi connectivity index (χ4v) is 4.40. The largest absolute Gasteiger partial charge is 0.380 e. The highest BCUT2D eigenvalue weighted by atomic mass is 32.5. The van der Waals surface area contributed by atoms with E-state index < -0.39 is 21.0 Å². The minimum atomic E-state index is -9.81. The number of hydroxylamine groups is 1. The van der Waals surface area contributed by atoms with Crippen LogP contribution in [0.4, 0.5) is 25.1 Å². The molecule has 0 saturated heterocycles. The predicted octanol–water partition coefficient (Wildman–Crippen LogP) is 6.36. The van der Waals surface area contributed by atoms with Crippen LogP contribution in [0.3, 0.4) is 0 Å². The maximum absolute atomic E-state index is 13.0. The summed E-state index contributed by atoms with van der Waals surface area (Å²) < 4.78 is 65.6. The van der Waals surface area contributed by atoms with Gasteiger partial charge < -0.3 is 5.32 Å². The van der Waals surface area contributed by atoms with E-state index in [1.54, 1.807) is 0 Å². The van der Waals surface area contributed by atoms with Gasteiger partial charge in [0.15, 0.2) is 0 Å². The highest BCUT2D eigenvalue weighted by molar-refractivity contribution is 8.45. The van der Waals surface area contributed by atoms with Crippen molar-refractivity contribution in [1.29, 1.82) is 5.26 Å². The maximum Gasteiger partial charge on any atom is 0.310 e. The molecule has 0 saturated carbocycles. The standard InChI is InChI=1S/C19H15F5N4O2S2/c1-11(6-17(29)28-30)9-26-16-7-14(18-19(15(16)8-25)31-10-27-18)12-2-4-13(5-3-12)32(20,21,22,23)24/h2-5,7,10,26,30H,1,6,9H2,(H,28,29). The van der Waals surface area contributed by atoms with Crippen LogP contribution in [0.1, 0.15) is 12.0 Å². The number of benzene rings is 2. The number of thiazole rings is 1. The van der Waals surface area contributed by atoms with Gasteiger partial charge in [-0.15, -0.1) is 11.3 Å². The lowest BCUT2D eigenvalue weighted by Gasteiger charge is -2.40. The van der Waals surface area contributed by atoms with E-state index in [0.717, 1.165) is 23.5 Å². The van der Waals surface area contributed by atoms with Crippen molar-refractivity contribution in [2.75, 3.05) is 11.9 Å². The van der Waals surface area contributed by atoms with Crippen molar-refractivity contribution in [2.45, 2.75) is 11.3 Å². The van der Waals surface area contributed by atoms with E-state index in [-0.39, 0.29) is 24.1 Å². The zero-order chi connectivity index (χ0) is 23.8. The monoisotopic (exact) mass is 490 g/mol. The topological polar surface area (TPSA) is 98.0 Å². The summed E-state index contributed by atoms with van der Waals surface area (Å²) in [7, 11) is -9.81. The second-order valence-corrected chi connectivity index (χ2v) is 10.1. The molecule has 0 spiro atoms. The van der Waals surface area contributed by atoms with Crippen LogP contribution in [0, 0.1) is 11.3 Å². The molecule has 6 nitrogen and oxygen atoms in total. The number of amides is 1. The predicted molar refractivity (Wildman–Crippen MR) is 113 cm³/mol. The Kier molecular flexibility index (Phi) is 5.45. The first-order valence-electron chi connectivity index (χ1n) is 8.72. The molecule has 3 N–H and O–H groups in total. The van der Waals surface area contributed by atoms with Gasteiger partial charge in [0.25, 0.3) is 0 Å². The average molecular weight is 490 g/mol. The summed E-state index contributed by atoms with van der Waals surface area (Å²) in [6, 6.07) is 5.97. The van der Waals surface area contributed by atoms with Crippen LogP contribution in [-0.4, -0.2) is 22.6 Å². The molecule has 0 aliphatic heterocycles. The molecule has 170 valence electrons. The highest BCUT2D eigenvalue weighted by Gasteiger charge is 2.65. The van der Waals surface area contributed by atoms with Crippen LogP contribution >= 0.6 is 21.6 Å². The summed E-state index contributed by atoms with van der Waals surface area (Å²) >= 11 is 1.13. The zero-order valence-electron chi connectivity index (χ0n) is 16.0. The van der Waals surface area contributed by atoms with E-state index >= 15 is 0 Å². The molecule has 0 aliphatic rings. The molecule has 2 aromatic carbocycles. The molecule has 32 heavy (non-hydrogen) atoms. The second kappa shape index (κ2) is 7.44. The third-order valence-electron chi connectivity index (χ3n) is 4.39. The number of fused-ring (bicyclic) bond motifs is 1. The quantitative estimate of drug-likeness (QED) is 0.155. The molecule has 3 rings (SSSR count). The molecule has 1 aromatic heterocycles. The van der Waals surface area contributed by atoms with Crippen molar-refractivity contribution >= 4 is 43.4 Å². The molecule has 1 heterocycles. The Morgan fingerprint density at radius 1 is 1.22 bits per heavy atom. The first kappa shape index (κ1) is 23.5. The first-order valence-corrected chi connectivity index (χ1v) is 11.5.